The molecule has 1 N–H and O–H groups in total. The molecule has 0 spiro atoms. The van der Waals surface area contributed by atoms with E-state index in [9.17, 15) is 9.59 Å². The number of piperidine rings is 1. The highest BCUT2D eigenvalue weighted by molar-refractivity contribution is 6.17. The molecule has 0 aromatic heterocycles. The Bertz CT molecular complexity index is 271. The Morgan fingerprint density at radius 3 is 2.76 bits per heavy atom. The van der Waals surface area contributed by atoms with Crippen LogP contribution in [-0.4, -0.2) is 42.2 Å². The molecule has 4 nitrogen and oxygen atoms in total. The normalized spacial score (nSPS) is 20.1. The van der Waals surface area contributed by atoms with Crippen molar-refractivity contribution in [1.29, 1.82) is 0 Å². The highest BCUT2D eigenvalue weighted by Crippen LogP contribution is 2.18. The van der Waals surface area contributed by atoms with Crippen LogP contribution in [0.3, 0.4) is 0 Å². The van der Waals surface area contributed by atoms with Crippen LogP contribution in [-0.2, 0) is 9.59 Å². The molecule has 0 bridgehead atoms. The van der Waals surface area contributed by atoms with Gasteiger partial charge in [-0.3, -0.25) is 9.59 Å². The summed E-state index contributed by atoms with van der Waals surface area (Å²) in [5.41, 5.74) is 0. The summed E-state index contributed by atoms with van der Waals surface area (Å²) in [4.78, 5) is 25.4. The molecule has 1 aliphatic rings. The molecule has 0 saturated carbocycles. The molecular weight excluding hydrogens is 240 g/mol. The van der Waals surface area contributed by atoms with Crippen molar-refractivity contribution in [2.45, 2.75) is 44.6 Å². The van der Waals surface area contributed by atoms with Crippen LogP contribution < -0.4 is 5.32 Å². The average molecular weight is 261 g/mol. The van der Waals surface area contributed by atoms with E-state index < -0.39 is 0 Å². The Labute approximate surface area is 108 Å². The minimum absolute atomic E-state index is 0.0459. The summed E-state index contributed by atoms with van der Waals surface area (Å²) in [6, 6.07) is -0.266. The molecule has 1 fully saturated rings. The minimum atomic E-state index is -0.266. The zero-order valence-corrected chi connectivity index (χ0v) is 11.1. The molecular formula is C12H21ClN2O2. The molecule has 2 amide bonds. The summed E-state index contributed by atoms with van der Waals surface area (Å²) in [5, 5.41) is 2.63. The maximum atomic E-state index is 12.0. The van der Waals surface area contributed by atoms with E-state index in [0.717, 1.165) is 32.1 Å². The van der Waals surface area contributed by atoms with Crippen LogP contribution in [0.15, 0.2) is 0 Å². The van der Waals surface area contributed by atoms with Crippen LogP contribution >= 0.6 is 11.6 Å². The van der Waals surface area contributed by atoms with E-state index in [1.165, 1.54) is 0 Å². The van der Waals surface area contributed by atoms with Crippen LogP contribution in [0, 0.1) is 0 Å². The summed E-state index contributed by atoms with van der Waals surface area (Å²) >= 11 is 5.58. The van der Waals surface area contributed by atoms with E-state index in [1.54, 1.807) is 11.9 Å². The van der Waals surface area contributed by atoms with Crippen LogP contribution in [0.2, 0.25) is 0 Å². The molecule has 1 aliphatic heterocycles. The zero-order valence-electron chi connectivity index (χ0n) is 10.4. The fourth-order valence-corrected chi connectivity index (χ4v) is 2.37. The van der Waals surface area contributed by atoms with Gasteiger partial charge < -0.3 is 10.2 Å². The minimum Gasteiger partial charge on any atom is -0.357 e. The topological polar surface area (TPSA) is 49.4 Å². The van der Waals surface area contributed by atoms with Gasteiger partial charge >= 0.3 is 0 Å². The second kappa shape index (κ2) is 7.54. The number of nitrogens with zero attached hydrogens (tertiary/aromatic N) is 1. The van der Waals surface area contributed by atoms with Crippen molar-refractivity contribution in [3.05, 3.63) is 0 Å². The molecule has 1 unspecified atom stereocenters. The lowest BCUT2D eigenvalue weighted by molar-refractivity contribution is -0.142. The number of halogens is 1. The molecule has 1 saturated heterocycles. The molecule has 0 aromatic rings. The number of alkyl halides is 1. The number of carbonyl (C=O) groups excluding carboxylic acids is 2. The molecule has 0 radical (unpaired) electrons. The number of likely N-dealkylation sites (N-methyl/N-ethyl adjacent to an activating group) is 1. The first kappa shape index (κ1) is 14.3. The molecule has 98 valence electrons. The number of hydrogen-bond donors (Lipinski definition) is 1. The van der Waals surface area contributed by atoms with Gasteiger partial charge in [-0.2, -0.15) is 0 Å². The van der Waals surface area contributed by atoms with Crippen molar-refractivity contribution >= 4 is 23.4 Å². The number of unbranched alkanes of at least 4 members (excludes halogenated alkanes) is 1. The second-order valence-corrected chi connectivity index (χ2v) is 4.74. The van der Waals surface area contributed by atoms with Crippen LogP contribution in [0.1, 0.15) is 38.5 Å². The van der Waals surface area contributed by atoms with Crippen molar-refractivity contribution in [2.75, 3.05) is 19.5 Å². The summed E-state index contributed by atoms with van der Waals surface area (Å²) in [6.07, 6.45) is 4.95. The molecule has 1 rings (SSSR count). The predicted molar refractivity (Wildman–Crippen MR) is 68.0 cm³/mol. The quantitative estimate of drug-likeness (QED) is 0.602. The highest BCUT2D eigenvalue weighted by atomic mass is 35.5. The largest absolute Gasteiger partial charge is 0.357 e. The van der Waals surface area contributed by atoms with Gasteiger partial charge in [0.2, 0.25) is 11.8 Å². The first-order chi connectivity index (χ1) is 8.20. The fourth-order valence-electron chi connectivity index (χ4n) is 2.18. The maximum absolute atomic E-state index is 12.0. The third-order valence-corrected chi connectivity index (χ3v) is 3.41. The van der Waals surface area contributed by atoms with E-state index in [4.69, 9.17) is 11.6 Å². The summed E-state index contributed by atoms with van der Waals surface area (Å²) in [7, 11) is 1.62. The van der Waals surface area contributed by atoms with Crippen LogP contribution in [0.25, 0.3) is 0 Å². The summed E-state index contributed by atoms with van der Waals surface area (Å²) in [6.45, 7) is 0.706. The van der Waals surface area contributed by atoms with Crippen molar-refractivity contribution in [3.8, 4) is 0 Å². The van der Waals surface area contributed by atoms with Crippen LogP contribution in [0.5, 0.6) is 0 Å². The van der Waals surface area contributed by atoms with Crippen molar-refractivity contribution in [3.63, 3.8) is 0 Å². The summed E-state index contributed by atoms with van der Waals surface area (Å²) in [5.74, 6) is 0.630. The van der Waals surface area contributed by atoms with Crippen molar-refractivity contribution in [1.82, 2.24) is 10.2 Å². The number of nitrogens with one attached hydrogen (secondary N) is 1. The van der Waals surface area contributed by atoms with E-state index in [0.29, 0.717) is 18.8 Å². The lowest BCUT2D eigenvalue weighted by Gasteiger charge is -2.34. The van der Waals surface area contributed by atoms with Crippen molar-refractivity contribution in [2.24, 2.45) is 0 Å². The Morgan fingerprint density at radius 2 is 2.12 bits per heavy atom. The van der Waals surface area contributed by atoms with Crippen molar-refractivity contribution < 1.29 is 9.59 Å². The standard InChI is InChI=1S/C12H21ClN2O2/c1-14-12(17)10-6-3-5-9-15(10)11(16)7-2-4-8-13/h10H,2-9H2,1H3,(H,14,17). The summed E-state index contributed by atoms with van der Waals surface area (Å²) < 4.78 is 0. The Morgan fingerprint density at radius 1 is 1.35 bits per heavy atom. The van der Waals surface area contributed by atoms with Gasteiger partial charge in [0.15, 0.2) is 0 Å². The molecule has 17 heavy (non-hydrogen) atoms. The molecule has 5 heteroatoms. The van der Waals surface area contributed by atoms with Gasteiger partial charge in [-0.15, -0.1) is 11.6 Å². The van der Waals surface area contributed by atoms with E-state index in [1.807, 2.05) is 0 Å². The number of carbonyl (C=O) groups is 2. The molecule has 1 atom stereocenters. The highest BCUT2D eigenvalue weighted by Gasteiger charge is 2.30. The smallest absolute Gasteiger partial charge is 0.242 e. The van der Waals surface area contributed by atoms with Crippen LogP contribution in [0.4, 0.5) is 0 Å². The number of rotatable bonds is 5. The monoisotopic (exact) mass is 260 g/mol. The predicted octanol–water partition coefficient (Wildman–Crippen LogP) is 1.52. The van der Waals surface area contributed by atoms with Gasteiger partial charge in [0.1, 0.15) is 6.04 Å². The van der Waals surface area contributed by atoms with E-state index in [-0.39, 0.29) is 17.9 Å². The second-order valence-electron chi connectivity index (χ2n) is 4.36. The number of likely N-dealkylation sites (tertiary alicyclic amines) is 1. The molecule has 0 aromatic carbocycles. The van der Waals surface area contributed by atoms with Gasteiger partial charge in [0, 0.05) is 25.9 Å². The van der Waals surface area contributed by atoms with Gasteiger partial charge in [-0.25, -0.2) is 0 Å². The molecule has 1 heterocycles. The van der Waals surface area contributed by atoms with Gasteiger partial charge in [-0.1, -0.05) is 0 Å². The Kier molecular flexibility index (Phi) is 6.34. The lowest BCUT2D eigenvalue weighted by Crippen LogP contribution is -2.51. The zero-order chi connectivity index (χ0) is 12.7. The third-order valence-electron chi connectivity index (χ3n) is 3.15. The first-order valence-electron chi connectivity index (χ1n) is 6.27. The maximum Gasteiger partial charge on any atom is 0.242 e. The van der Waals surface area contributed by atoms with E-state index in [2.05, 4.69) is 5.32 Å². The van der Waals surface area contributed by atoms with Gasteiger partial charge in [0.05, 0.1) is 0 Å². The SMILES string of the molecule is CNC(=O)C1CCCCN1C(=O)CCCCCl. The third kappa shape index (κ3) is 4.19. The Hall–Kier alpha value is -0.770. The first-order valence-corrected chi connectivity index (χ1v) is 6.81. The molecule has 0 aliphatic carbocycles. The lowest BCUT2D eigenvalue weighted by atomic mass is 10.0. The van der Waals surface area contributed by atoms with Gasteiger partial charge in [0.25, 0.3) is 0 Å². The Balaban J connectivity index is 2.52. The van der Waals surface area contributed by atoms with E-state index >= 15 is 0 Å². The van der Waals surface area contributed by atoms with Gasteiger partial charge in [-0.05, 0) is 32.1 Å². The average Bonchev–Trinajstić information content (AvgIpc) is 2.38. The number of hydrogen-bond acceptors (Lipinski definition) is 2. The fraction of sp³-hybridized carbons (Fsp3) is 0.833. The number of amides is 2.